The van der Waals surface area contributed by atoms with E-state index in [4.69, 9.17) is 4.98 Å². The zero-order valence-electron chi connectivity index (χ0n) is 16.9. The Labute approximate surface area is 166 Å². The lowest BCUT2D eigenvalue weighted by Gasteiger charge is -2.29. The molecule has 0 radical (unpaired) electrons. The first-order valence-electron chi connectivity index (χ1n) is 10.1. The number of nitrogens with one attached hydrogen (secondary N) is 1. The SMILES string of the molecule is Cc1ccc(C(=O)Nc2ccc3c(c2)nc(CN2CCC(C)CC2)n3C)cc1. The Balaban J connectivity index is 1.51. The standard InChI is InChI=1S/C23H28N4O/c1-16-4-6-18(7-5-16)23(28)24-19-8-9-21-20(14-19)25-22(26(21)3)15-27-12-10-17(2)11-13-27/h4-9,14,17H,10-13,15H2,1-3H3,(H,24,28). The maximum atomic E-state index is 12.5. The van der Waals surface area contributed by atoms with Gasteiger partial charge < -0.3 is 9.88 Å². The second-order valence-electron chi connectivity index (χ2n) is 8.07. The van der Waals surface area contributed by atoms with E-state index in [1.54, 1.807) is 0 Å². The summed E-state index contributed by atoms with van der Waals surface area (Å²) in [7, 11) is 2.07. The van der Waals surface area contributed by atoms with Gasteiger partial charge in [-0.25, -0.2) is 4.98 Å². The fourth-order valence-corrected chi connectivity index (χ4v) is 3.80. The Hall–Kier alpha value is -2.66. The first-order valence-corrected chi connectivity index (χ1v) is 10.1. The molecule has 146 valence electrons. The van der Waals surface area contributed by atoms with E-state index in [2.05, 4.69) is 28.8 Å². The molecule has 5 heteroatoms. The maximum absolute atomic E-state index is 12.5. The molecule has 2 aromatic carbocycles. The van der Waals surface area contributed by atoms with Crippen LogP contribution in [-0.4, -0.2) is 33.4 Å². The number of hydrogen-bond acceptors (Lipinski definition) is 3. The van der Waals surface area contributed by atoms with E-state index in [9.17, 15) is 4.79 Å². The highest BCUT2D eigenvalue weighted by Gasteiger charge is 2.18. The number of rotatable bonds is 4. The molecule has 0 atom stereocenters. The van der Waals surface area contributed by atoms with Crippen molar-refractivity contribution in [1.29, 1.82) is 0 Å². The van der Waals surface area contributed by atoms with Crippen LogP contribution in [0.3, 0.4) is 0 Å². The van der Waals surface area contributed by atoms with E-state index in [1.807, 2.05) is 49.4 Å². The van der Waals surface area contributed by atoms with Crippen LogP contribution in [0, 0.1) is 12.8 Å². The number of fused-ring (bicyclic) bond motifs is 1. The van der Waals surface area contributed by atoms with Crippen molar-refractivity contribution in [3.05, 3.63) is 59.4 Å². The van der Waals surface area contributed by atoms with Gasteiger partial charge in [0.2, 0.25) is 0 Å². The van der Waals surface area contributed by atoms with Crippen LogP contribution in [0.4, 0.5) is 5.69 Å². The third kappa shape index (κ3) is 3.94. The van der Waals surface area contributed by atoms with Gasteiger partial charge in [0.25, 0.3) is 5.91 Å². The summed E-state index contributed by atoms with van der Waals surface area (Å²) in [6.07, 6.45) is 2.53. The van der Waals surface area contributed by atoms with Gasteiger partial charge in [0.15, 0.2) is 0 Å². The molecule has 1 amide bonds. The third-order valence-corrected chi connectivity index (χ3v) is 5.79. The molecular weight excluding hydrogens is 348 g/mol. The number of carbonyl (C=O) groups excluding carboxylic acids is 1. The number of benzene rings is 2. The first kappa shape index (κ1) is 18.7. The molecular formula is C23H28N4O. The molecule has 0 saturated carbocycles. The summed E-state index contributed by atoms with van der Waals surface area (Å²) in [5, 5.41) is 2.99. The minimum atomic E-state index is -0.0991. The van der Waals surface area contributed by atoms with Crippen molar-refractivity contribution in [3.8, 4) is 0 Å². The second kappa shape index (κ2) is 7.76. The minimum Gasteiger partial charge on any atom is -0.330 e. The molecule has 0 unspecified atom stereocenters. The number of imidazole rings is 1. The number of aromatic nitrogens is 2. The summed E-state index contributed by atoms with van der Waals surface area (Å²) >= 11 is 0. The van der Waals surface area contributed by atoms with Crippen molar-refractivity contribution in [2.24, 2.45) is 13.0 Å². The highest BCUT2D eigenvalue weighted by molar-refractivity contribution is 6.05. The second-order valence-corrected chi connectivity index (χ2v) is 8.07. The Morgan fingerprint density at radius 3 is 2.57 bits per heavy atom. The fourth-order valence-electron chi connectivity index (χ4n) is 3.80. The van der Waals surface area contributed by atoms with E-state index >= 15 is 0 Å². The highest BCUT2D eigenvalue weighted by atomic mass is 16.1. The first-order chi connectivity index (χ1) is 13.5. The van der Waals surface area contributed by atoms with Crippen LogP contribution in [0.5, 0.6) is 0 Å². The summed E-state index contributed by atoms with van der Waals surface area (Å²) in [5.41, 5.74) is 4.58. The predicted molar refractivity (Wildman–Crippen MR) is 114 cm³/mol. The van der Waals surface area contributed by atoms with Gasteiger partial charge in [0.1, 0.15) is 5.82 Å². The molecule has 1 aromatic heterocycles. The monoisotopic (exact) mass is 376 g/mol. The van der Waals surface area contributed by atoms with Crippen molar-refractivity contribution in [2.45, 2.75) is 33.2 Å². The number of nitrogens with zero attached hydrogens (tertiary/aromatic N) is 3. The van der Waals surface area contributed by atoms with Crippen LogP contribution in [0.25, 0.3) is 11.0 Å². The fraction of sp³-hybridized carbons (Fsp3) is 0.391. The van der Waals surface area contributed by atoms with E-state index in [0.717, 1.165) is 53.7 Å². The molecule has 0 aliphatic carbocycles. The molecule has 1 N–H and O–H groups in total. The van der Waals surface area contributed by atoms with Crippen LogP contribution < -0.4 is 5.32 Å². The topological polar surface area (TPSA) is 50.2 Å². The van der Waals surface area contributed by atoms with Crippen LogP contribution in [0.15, 0.2) is 42.5 Å². The molecule has 1 fully saturated rings. The zero-order chi connectivity index (χ0) is 19.7. The number of hydrogen-bond donors (Lipinski definition) is 1. The smallest absolute Gasteiger partial charge is 0.255 e. The lowest BCUT2D eigenvalue weighted by Crippen LogP contribution is -2.33. The normalized spacial score (nSPS) is 15.8. The van der Waals surface area contributed by atoms with Crippen LogP contribution in [0.2, 0.25) is 0 Å². The average Bonchev–Trinajstić information content (AvgIpc) is 2.99. The summed E-state index contributed by atoms with van der Waals surface area (Å²) < 4.78 is 2.17. The maximum Gasteiger partial charge on any atom is 0.255 e. The van der Waals surface area contributed by atoms with E-state index in [-0.39, 0.29) is 5.91 Å². The largest absolute Gasteiger partial charge is 0.330 e. The molecule has 1 aliphatic heterocycles. The molecule has 28 heavy (non-hydrogen) atoms. The van der Waals surface area contributed by atoms with E-state index < -0.39 is 0 Å². The van der Waals surface area contributed by atoms with Gasteiger partial charge in [0.05, 0.1) is 17.6 Å². The van der Waals surface area contributed by atoms with Crippen molar-refractivity contribution in [3.63, 3.8) is 0 Å². The number of aryl methyl sites for hydroxylation is 2. The predicted octanol–water partition coefficient (Wildman–Crippen LogP) is 4.37. The molecule has 1 aliphatic rings. The molecule has 0 bridgehead atoms. The molecule has 3 aromatic rings. The lowest BCUT2D eigenvalue weighted by atomic mass is 9.99. The quantitative estimate of drug-likeness (QED) is 0.736. The molecule has 4 rings (SSSR count). The van der Waals surface area contributed by atoms with Gasteiger partial charge in [-0.05, 0) is 69.1 Å². The highest BCUT2D eigenvalue weighted by Crippen LogP contribution is 2.23. The Morgan fingerprint density at radius 2 is 1.86 bits per heavy atom. The third-order valence-electron chi connectivity index (χ3n) is 5.79. The molecule has 1 saturated heterocycles. The summed E-state index contributed by atoms with van der Waals surface area (Å²) in [6, 6.07) is 13.5. The van der Waals surface area contributed by atoms with Crippen molar-refractivity contribution in [1.82, 2.24) is 14.5 Å². The van der Waals surface area contributed by atoms with Crippen LogP contribution in [0.1, 0.15) is 41.5 Å². The lowest BCUT2D eigenvalue weighted by molar-refractivity contribution is 0.102. The minimum absolute atomic E-state index is 0.0991. The number of piperidine rings is 1. The van der Waals surface area contributed by atoms with Gasteiger partial charge >= 0.3 is 0 Å². The van der Waals surface area contributed by atoms with Gasteiger partial charge in [-0.3, -0.25) is 9.69 Å². The summed E-state index contributed by atoms with van der Waals surface area (Å²) in [6.45, 7) is 7.50. The van der Waals surface area contributed by atoms with Crippen LogP contribution >= 0.6 is 0 Å². The molecule has 2 heterocycles. The van der Waals surface area contributed by atoms with Crippen molar-refractivity contribution >= 4 is 22.6 Å². The Morgan fingerprint density at radius 1 is 1.14 bits per heavy atom. The number of anilines is 1. The van der Waals surface area contributed by atoms with Gasteiger partial charge in [-0.2, -0.15) is 0 Å². The summed E-state index contributed by atoms with van der Waals surface area (Å²) in [4.78, 5) is 19.8. The summed E-state index contributed by atoms with van der Waals surface area (Å²) in [5.74, 6) is 1.81. The van der Waals surface area contributed by atoms with Gasteiger partial charge in [-0.15, -0.1) is 0 Å². The van der Waals surface area contributed by atoms with Gasteiger partial charge in [0, 0.05) is 18.3 Å². The average molecular weight is 377 g/mol. The molecule has 5 nitrogen and oxygen atoms in total. The van der Waals surface area contributed by atoms with E-state index in [0.29, 0.717) is 5.56 Å². The van der Waals surface area contributed by atoms with Crippen LogP contribution in [-0.2, 0) is 13.6 Å². The Kier molecular flexibility index (Phi) is 5.18. The Bertz CT molecular complexity index is 982. The number of carbonyl (C=O) groups is 1. The van der Waals surface area contributed by atoms with Crippen molar-refractivity contribution < 1.29 is 4.79 Å². The number of likely N-dealkylation sites (tertiary alicyclic amines) is 1. The molecule has 0 spiro atoms. The van der Waals surface area contributed by atoms with Crippen molar-refractivity contribution in [2.75, 3.05) is 18.4 Å². The zero-order valence-corrected chi connectivity index (χ0v) is 16.9. The van der Waals surface area contributed by atoms with E-state index in [1.165, 1.54) is 12.8 Å². The number of amides is 1. The van der Waals surface area contributed by atoms with Gasteiger partial charge in [-0.1, -0.05) is 24.6 Å².